The first-order valence-electron chi connectivity index (χ1n) is 6.56. The molecule has 1 N–H and O–H groups in total. The van der Waals surface area contributed by atoms with Gasteiger partial charge in [0.25, 0.3) is 0 Å². The smallest absolute Gasteiger partial charge is 0.187 e. The predicted octanol–water partition coefficient (Wildman–Crippen LogP) is 3.58. The number of hydrogen-bond donors (Lipinski definition) is 1. The minimum atomic E-state index is -0.0179. The second-order valence-electron chi connectivity index (χ2n) is 4.73. The van der Waals surface area contributed by atoms with Gasteiger partial charge in [-0.1, -0.05) is 47.6 Å². The van der Waals surface area contributed by atoms with Gasteiger partial charge in [0.2, 0.25) is 0 Å². The van der Waals surface area contributed by atoms with E-state index in [4.69, 9.17) is 15.2 Å². The zero-order valence-corrected chi connectivity index (χ0v) is 12.0. The zero-order valence-electron chi connectivity index (χ0n) is 12.0. The molecule has 0 fully saturated rings. The van der Waals surface area contributed by atoms with Crippen LogP contribution in [0.1, 0.15) is 22.3 Å². The number of rotatable bonds is 4. The maximum atomic E-state index is 9.00. The van der Waals surface area contributed by atoms with Gasteiger partial charge in [-0.25, -0.2) is 0 Å². The number of nitriles is 1. The van der Waals surface area contributed by atoms with Crippen molar-refractivity contribution >= 4 is 5.71 Å². The first-order chi connectivity index (χ1) is 10.2. The molecule has 0 bridgehead atoms. The van der Waals surface area contributed by atoms with Gasteiger partial charge in [0.1, 0.15) is 18.4 Å². The van der Waals surface area contributed by atoms with Crippen LogP contribution in [0.3, 0.4) is 0 Å². The largest absolute Gasteiger partial charge is 0.488 e. The normalized spacial score (nSPS) is 11.0. The minimum absolute atomic E-state index is 0.0179. The number of oxime groups is 1. The highest BCUT2D eigenvalue weighted by Gasteiger charge is 2.11. The van der Waals surface area contributed by atoms with E-state index in [0.29, 0.717) is 12.2 Å². The van der Waals surface area contributed by atoms with E-state index in [1.807, 2.05) is 50.2 Å². The number of benzene rings is 2. The molecule has 21 heavy (non-hydrogen) atoms. The van der Waals surface area contributed by atoms with E-state index in [0.717, 1.165) is 22.4 Å². The summed E-state index contributed by atoms with van der Waals surface area (Å²) in [5, 5.41) is 20.9. The molecular formula is C17H16N2O2. The van der Waals surface area contributed by atoms with Crippen LogP contribution in [0.25, 0.3) is 0 Å². The van der Waals surface area contributed by atoms with Gasteiger partial charge in [0, 0.05) is 5.56 Å². The van der Waals surface area contributed by atoms with Crippen molar-refractivity contribution in [3.8, 4) is 11.8 Å². The molecule has 0 aliphatic carbocycles. The fraction of sp³-hybridized carbons (Fsp3) is 0.176. The average molecular weight is 280 g/mol. The van der Waals surface area contributed by atoms with Crippen LogP contribution in [-0.2, 0) is 6.61 Å². The van der Waals surface area contributed by atoms with E-state index in [2.05, 4.69) is 5.16 Å². The van der Waals surface area contributed by atoms with Crippen molar-refractivity contribution in [1.82, 2.24) is 0 Å². The molecule has 0 aliphatic heterocycles. The molecule has 0 unspecified atom stereocenters. The Balaban J connectivity index is 2.28. The highest BCUT2D eigenvalue weighted by molar-refractivity contribution is 6.12. The van der Waals surface area contributed by atoms with Crippen molar-refractivity contribution in [2.75, 3.05) is 0 Å². The Bertz CT molecular complexity index is 695. The van der Waals surface area contributed by atoms with E-state index < -0.39 is 0 Å². The van der Waals surface area contributed by atoms with Gasteiger partial charge in [-0.15, -0.1) is 0 Å². The Labute approximate surface area is 123 Å². The third-order valence-electron chi connectivity index (χ3n) is 3.26. The summed E-state index contributed by atoms with van der Waals surface area (Å²) in [6.07, 6.45) is 0. The second kappa shape index (κ2) is 6.58. The van der Waals surface area contributed by atoms with Crippen LogP contribution in [-0.4, -0.2) is 10.9 Å². The van der Waals surface area contributed by atoms with E-state index in [1.54, 1.807) is 12.1 Å². The maximum Gasteiger partial charge on any atom is 0.187 e. The molecule has 4 nitrogen and oxygen atoms in total. The summed E-state index contributed by atoms with van der Waals surface area (Å²) < 4.78 is 5.89. The van der Waals surface area contributed by atoms with Gasteiger partial charge in [-0.05, 0) is 30.5 Å². The second-order valence-corrected chi connectivity index (χ2v) is 4.73. The topological polar surface area (TPSA) is 65.6 Å². The van der Waals surface area contributed by atoms with Crippen molar-refractivity contribution in [3.05, 3.63) is 64.7 Å². The SMILES string of the molecule is Cc1cccc(C)c1OCc1ccccc1C(C#N)=NO. The molecule has 2 rings (SSSR count). The monoisotopic (exact) mass is 280 g/mol. The molecule has 0 aromatic heterocycles. The van der Waals surface area contributed by atoms with Crippen LogP contribution < -0.4 is 4.74 Å². The molecule has 4 heteroatoms. The Morgan fingerprint density at radius 1 is 1.14 bits per heavy atom. The first kappa shape index (κ1) is 14.6. The summed E-state index contributed by atoms with van der Waals surface area (Å²) in [6.45, 7) is 4.29. The summed E-state index contributed by atoms with van der Waals surface area (Å²) in [5.41, 5.74) is 3.48. The molecule has 0 radical (unpaired) electrons. The van der Waals surface area contributed by atoms with Crippen LogP contribution in [0.2, 0.25) is 0 Å². The number of nitrogens with zero attached hydrogens (tertiary/aromatic N) is 2. The van der Waals surface area contributed by atoms with Crippen LogP contribution in [0.4, 0.5) is 0 Å². The summed E-state index contributed by atoms with van der Waals surface area (Å²) in [4.78, 5) is 0. The number of hydrogen-bond acceptors (Lipinski definition) is 4. The number of para-hydroxylation sites is 1. The van der Waals surface area contributed by atoms with E-state index in [1.165, 1.54) is 0 Å². The highest BCUT2D eigenvalue weighted by Crippen LogP contribution is 2.24. The lowest BCUT2D eigenvalue weighted by atomic mass is 10.0. The lowest BCUT2D eigenvalue weighted by Gasteiger charge is -2.13. The Kier molecular flexibility index (Phi) is 4.57. The third-order valence-corrected chi connectivity index (χ3v) is 3.26. The molecule has 0 atom stereocenters. The molecule has 0 spiro atoms. The zero-order chi connectivity index (χ0) is 15.2. The van der Waals surface area contributed by atoms with Crippen LogP contribution in [0.15, 0.2) is 47.6 Å². The molecule has 106 valence electrons. The summed E-state index contributed by atoms with van der Waals surface area (Å²) in [6, 6.07) is 15.1. The molecule has 0 saturated carbocycles. The van der Waals surface area contributed by atoms with Crippen molar-refractivity contribution in [2.24, 2.45) is 5.16 Å². The predicted molar refractivity (Wildman–Crippen MR) is 80.6 cm³/mol. The third kappa shape index (κ3) is 3.21. The fourth-order valence-corrected chi connectivity index (χ4v) is 2.19. The molecule has 0 amide bonds. The Morgan fingerprint density at radius 2 is 1.81 bits per heavy atom. The van der Waals surface area contributed by atoms with E-state index in [9.17, 15) is 0 Å². The first-order valence-corrected chi connectivity index (χ1v) is 6.56. The molecule has 0 heterocycles. The summed E-state index contributed by atoms with van der Waals surface area (Å²) >= 11 is 0. The van der Waals surface area contributed by atoms with E-state index >= 15 is 0 Å². The van der Waals surface area contributed by atoms with E-state index in [-0.39, 0.29) is 5.71 Å². The fourth-order valence-electron chi connectivity index (χ4n) is 2.19. The summed E-state index contributed by atoms with van der Waals surface area (Å²) in [7, 11) is 0. The number of ether oxygens (including phenoxy) is 1. The van der Waals surface area contributed by atoms with Gasteiger partial charge in [-0.2, -0.15) is 5.26 Å². The van der Waals surface area contributed by atoms with Gasteiger partial charge in [-0.3, -0.25) is 0 Å². The van der Waals surface area contributed by atoms with Crippen molar-refractivity contribution in [1.29, 1.82) is 5.26 Å². The van der Waals surface area contributed by atoms with Crippen molar-refractivity contribution in [2.45, 2.75) is 20.5 Å². The molecule has 0 aliphatic rings. The van der Waals surface area contributed by atoms with Gasteiger partial charge in [0.15, 0.2) is 5.71 Å². The number of aryl methyl sites for hydroxylation is 2. The Hall–Kier alpha value is -2.80. The van der Waals surface area contributed by atoms with Crippen LogP contribution >= 0.6 is 0 Å². The highest BCUT2D eigenvalue weighted by atomic mass is 16.5. The van der Waals surface area contributed by atoms with Gasteiger partial charge in [0.05, 0.1) is 0 Å². The van der Waals surface area contributed by atoms with Crippen molar-refractivity contribution in [3.63, 3.8) is 0 Å². The molecule has 0 saturated heterocycles. The molecule has 2 aromatic carbocycles. The van der Waals surface area contributed by atoms with Gasteiger partial charge < -0.3 is 9.94 Å². The summed E-state index contributed by atoms with van der Waals surface area (Å²) in [5.74, 6) is 0.840. The minimum Gasteiger partial charge on any atom is -0.488 e. The van der Waals surface area contributed by atoms with Gasteiger partial charge >= 0.3 is 0 Å². The molecular weight excluding hydrogens is 264 g/mol. The average Bonchev–Trinajstić information content (AvgIpc) is 2.49. The van der Waals surface area contributed by atoms with Crippen LogP contribution in [0.5, 0.6) is 5.75 Å². The maximum absolute atomic E-state index is 9.00. The lowest BCUT2D eigenvalue weighted by Crippen LogP contribution is -2.06. The quantitative estimate of drug-likeness (QED) is 0.529. The van der Waals surface area contributed by atoms with Crippen LogP contribution in [0, 0.1) is 25.2 Å². The van der Waals surface area contributed by atoms with Crippen molar-refractivity contribution < 1.29 is 9.94 Å². The molecule has 2 aromatic rings. The standard InChI is InChI=1S/C17H16N2O2/c1-12-6-5-7-13(2)17(12)21-11-14-8-3-4-9-15(14)16(10-18)19-20/h3-9,20H,11H2,1-2H3. The Morgan fingerprint density at radius 3 is 2.43 bits per heavy atom. The lowest BCUT2D eigenvalue weighted by molar-refractivity contribution is 0.301.